The van der Waals surface area contributed by atoms with Gasteiger partial charge < -0.3 is 5.32 Å². The molecule has 0 spiro atoms. The maximum absolute atomic E-state index is 13.3. The predicted octanol–water partition coefficient (Wildman–Crippen LogP) is 3.23. The molecule has 0 radical (unpaired) electrons. The molecular formula is C27H25F3N4O5S2. The fraction of sp³-hybridized carbons (Fsp3) is 0.259. The van der Waals surface area contributed by atoms with E-state index in [1.54, 1.807) is 24.3 Å². The lowest BCUT2D eigenvalue weighted by molar-refractivity contribution is -0.137. The number of alkyl halides is 3. The van der Waals surface area contributed by atoms with Gasteiger partial charge in [-0.3, -0.25) is 14.5 Å². The number of carbonyl (C=O) groups excluding carboxylic acids is 1. The van der Waals surface area contributed by atoms with Gasteiger partial charge in [-0.1, -0.05) is 60.7 Å². The van der Waals surface area contributed by atoms with Gasteiger partial charge in [0.2, 0.25) is 26.0 Å². The smallest absolute Gasteiger partial charge is 0.370 e. The lowest BCUT2D eigenvalue weighted by atomic mass is 10.0. The molecule has 216 valence electrons. The van der Waals surface area contributed by atoms with Crippen molar-refractivity contribution in [2.24, 2.45) is 4.99 Å². The summed E-state index contributed by atoms with van der Waals surface area (Å²) in [5.41, 5.74) is 0.809. The largest absolute Gasteiger partial charge is 0.416 e. The van der Waals surface area contributed by atoms with E-state index in [1.807, 2.05) is 35.1 Å². The Morgan fingerprint density at radius 2 is 1.68 bits per heavy atom. The number of nitrogens with one attached hydrogen (secondary N) is 3. The molecule has 41 heavy (non-hydrogen) atoms. The Morgan fingerprint density at radius 1 is 0.976 bits per heavy atom. The van der Waals surface area contributed by atoms with Crippen LogP contribution in [-0.4, -0.2) is 41.2 Å². The maximum atomic E-state index is 13.3. The molecule has 3 N–H and O–H groups in total. The Bertz CT molecular complexity index is 1690. The Morgan fingerprint density at radius 3 is 2.32 bits per heavy atom. The van der Waals surface area contributed by atoms with E-state index in [1.165, 1.54) is 0 Å². The number of rotatable bonds is 8. The van der Waals surface area contributed by atoms with E-state index in [2.05, 4.69) is 15.0 Å². The third-order valence-electron chi connectivity index (χ3n) is 6.85. The van der Waals surface area contributed by atoms with E-state index in [9.17, 15) is 34.8 Å². The molecule has 3 aromatic rings. The maximum Gasteiger partial charge on any atom is 0.416 e. The Balaban J connectivity index is 1.44. The van der Waals surface area contributed by atoms with Crippen LogP contribution in [0.5, 0.6) is 0 Å². The number of nitrogens with zero attached hydrogens (tertiary/aromatic N) is 1. The number of hydrogen-bond donors (Lipinski definition) is 3. The summed E-state index contributed by atoms with van der Waals surface area (Å²) >= 11 is 0. The third-order valence-corrected chi connectivity index (χ3v) is 10.0. The molecule has 1 saturated heterocycles. The van der Waals surface area contributed by atoms with Crippen LogP contribution in [0.15, 0.2) is 88.8 Å². The SMILES string of the molecule is O=C1CC(c2ccc(CC(NS(=O)(=O)c3cccc(C(F)(F)F)c3)C3=N[C@H](c4ccccc4)CN3)cc2)S(=O)(=O)N1. The summed E-state index contributed by atoms with van der Waals surface area (Å²) in [5, 5.41) is 2.09. The first-order valence-electron chi connectivity index (χ1n) is 12.5. The van der Waals surface area contributed by atoms with E-state index < -0.39 is 53.9 Å². The molecule has 0 bridgehead atoms. The fourth-order valence-electron chi connectivity index (χ4n) is 4.78. The Labute approximate surface area is 235 Å². The number of amidine groups is 1. The van der Waals surface area contributed by atoms with Crippen LogP contribution in [0.3, 0.4) is 0 Å². The Kier molecular flexibility index (Phi) is 7.66. The molecule has 14 heteroatoms. The highest BCUT2D eigenvalue weighted by atomic mass is 32.2. The van der Waals surface area contributed by atoms with Gasteiger partial charge in [0.15, 0.2) is 0 Å². The minimum absolute atomic E-state index is 0.0560. The van der Waals surface area contributed by atoms with Gasteiger partial charge in [0.1, 0.15) is 11.1 Å². The molecule has 0 saturated carbocycles. The second-order valence-electron chi connectivity index (χ2n) is 9.73. The first-order valence-corrected chi connectivity index (χ1v) is 15.5. The van der Waals surface area contributed by atoms with Crippen LogP contribution in [0.2, 0.25) is 0 Å². The summed E-state index contributed by atoms with van der Waals surface area (Å²) in [4.78, 5) is 15.7. The molecule has 9 nitrogen and oxygen atoms in total. The summed E-state index contributed by atoms with van der Waals surface area (Å²) in [6, 6.07) is 17.8. The normalized spacial score (nSPS) is 21.1. The molecular weight excluding hydrogens is 581 g/mol. The van der Waals surface area contributed by atoms with Crippen molar-refractivity contribution in [1.82, 2.24) is 14.8 Å². The lowest BCUT2D eigenvalue weighted by Gasteiger charge is -2.20. The van der Waals surface area contributed by atoms with E-state index in [0.717, 1.165) is 23.8 Å². The number of sulfonamides is 2. The quantitative estimate of drug-likeness (QED) is 0.361. The van der Waals surface area contributed by atoms with Crippen LogP contribution in [0.1, 0.15) is 40.0 Å². The number of halogens is 3. The van der Waals surface area contributed by atoms with Crippen molar-refractivity contribution in [3.8, 4) is 0 Å². The number of benzene rings is 3. The second-order valence-corrected chi connectivity index (χ2v) is 13.3. The highest BCUT2D eigenvalue weighted by Gasteiger charge is 2.38. The van der Waals surface area contributed by atoms with Crippen LogP contribution < -0.4 is 14.8 Å². The topological polar surface area (TPSA) is 134 Å². The average Bonchev–Trinajstić information content (AvgIpc) is 3.52. The predicted molar refractivity (Wildman–Crippen MR) is 145 cm³/mol. The monoisotopic (exact) mass is 606 g/mol. The van der Waals surface area contributed by atoms with Crippen molar-refractivity contribution in [1.29, 1.82) is 0 Å². The zero-order chi connectivity index (χ0) is 29.4. The molecule has 3 aromatic carbocycles. The van der Waals surface area contributed by atoms with Gasteiger partial charge in [-0.05, 0) is 41.3 Å². The molecule has 0 aliphatic carbocycles. The van der Waals surface area contributed by atoms with Crippen molar-refractivity contribution in [2.45, 2.75) is 41.2 Å². The van der Waals surface area contributed by atoms with Gasteiger partial charge in [0.25, 0.3) is 0 Å². The van der Waals surface area contributed by atoms with Gasteiger partial charge in [-0.2, -0.15) is 13.2 Å². The molecule has 3 atom stereocenters. The van der Waals surface area contributed by atoms with Gasteiger partial charge in [0, 0.05) is 6.54 Å². The molecule has 2 aliphatic heterocycles. The molecule has 5 rings (SSSR count). The van der Waals surface area contributed by atoms with Gasteiger partial charge in [-0.25, -0.2) is 21.6 Å². The van der Waals surface area contributed by atoms with Crippen LogP contribution in [0.25, 0.3) is 0 Å². The minimum Gasteiger partial charge on any atom is -0.370 e. The molecule has 2 unspecified atom stereocenters. The molecule has 2 aliphatic rings. The molecule has 0 aromatic heterocycles. The molecule has 1 fully saturated rings. The minimum atomic E-state index is -4.72. The number of carbonyl (C=O) groups is 1. The summed E-state index contributed by atoms with van der Waals surface area (Å²) in [6.45, 7) is 0.390. The number of amides is 1. The van der Waals surface area contributed by atoms with Crippen LogP contribution in [0.4, 0.5) is 13.2 Å². The lowest BCUT2D eigenvalue weighted by Crippen LogP contribution is -2.46. The van der Waals surface area contributed by atoms with Gasteiger partial charge in [-0.15, -0.1) is 0 Å². The van der Waals surface area contributed by atoms with Crippen LogP contribution in [0, 0.1) is 0 Å². The summed E-state index contributed by atoms with van der Waals surface area (Å²) in [6.07, 6.45) is -4.87. The molecule has 1 amide bonds. The standard InChI is InChI=1S/C27H25F3N4O5S2/c28-27(29,30)20-7-4-8-21(14-20)40(36,37)33-22(26-31-16-23(32-26)18-5-2-1-3-6-18)13-17-9-11-19(12-10-17)24-15-25(35)34-41(24,38)39/h1-12,14,22-24,33H,13,15-16H2,(H,31,32)(H,34,35)/t22?,23-,24?/m0/s1. The van der Waals surface area contributed by atoms with E-state index in [-0.39, 0.29) is 18.9 Å². The van der Waals surface area contributed by atoms with Crippen LogP contribution in [-0.2, 0) is 37.4 Å². The summed E-state index contributed by atoms with van der Waals surface area (Å²) in [5.74, 6) is -0.284. The van der Waals surface area contributed by atoms with Crippen LogP contribution >= 0.6 is 0 Å². The van der Waals surface area contributed by atoms with E-state index >= 15 is 0 Å². The zero-order valence-electron chi connectivity index (χ0n) is 21.3. The highest BCUT2D eigenvalue weighted by molar-refractivity contribution is 7.90. The van der Waals surface area contributed by atoms with Crippen molar-refractivity contribution >= 4 is 31.8 Å². The van der Waals surface area contributed by atoms with Crippen molar-refractivity contribution in [3.05, 3.63) is 101 Å². The summed E-state index contributed by atoms with van der Waals surface area (Å²) in [7, 11) is -8.26. The summed E-state index contributed by atoms with van der Waals surface area (Å²) < 4.78 is 95.3. The van der Waals surface area contributed by atoms with Crippen molar-refractivity contribution in [2.75, 3.05) is 6.54 Å². The fourth-order valence-corrected chi connectivity index (χ4v) is 7.46. The van der Waals surface area contributed by atoms with Gasteiger partial charge >= 0.3 is 6.18 Å². The molecule has 2 heterocycles. The first kappa shape index (κ1) is 28.8. The highest BCUT2D eigenvalue weighted by Crippen LogP contribution is 2.32. The number of aliphatic imine (C=N–C) groups is 1. The second kappa shape index (κ2) is 10.9. The number of hydrogen-bond acceptors (Lipinski definition) is 7. The van der Waals surface area contributed by atoms with Crippen molar-refractivity contribution < 1.29 is 34.8 Å². The Hall–Kier alpha value is -3.75. The van der Waals surface area contributed by atoms with Gasteiger partial charge in [0.05, 0.1) is 29.0 Å². The van der Waals surface area contributed by atoms with E-state index in [4.69, 9.17) is 0 Å². The van der Waals surface area contributed by atoms with E-state index in [0.29, 0.717) is 29.6 Å². The average molecular weight is 607 g/mol. The zero-order valence-corrected chi connectivity index (χ0v) is 22.9. The third kappa shape index (κ3) is 6.44. The van der Waals surface area contributed by atoms with Crippen molar-refractivity contribution in [3.63, 3.8) is 0 Å². The first-order chi connectivity index (χ1) is 19.3.